The van der Waals surface area contributed by atoms with Gasteiger partial charge in [-0.15, -0.1) is 0 Å². The Hall–Kier alpha value is -1.42. The second kappa shape index (κ2) is 5.27. The van der Waals surface area contributed by atoms with Crippen LogP contribution in [0.15, 0.2) is 30.5 Å². The number of nitrogens with zero attached hydrogens (tertiary/aromatic N) is 1. The lowest BCUT2D eigenvalue weighted by Crippen LogP contribution is -2.13. The first-order valence-corrected chi connectivity index (χ1v) is 5.81. The maximum atomic E-state index is 12.7. The van der Waals surface area contributed by atoms with Gasteiger partial charge in [-0.25, -0.2) is 0 Å². The molecule has 0 aliphatic heterocycles. The third kappa shape index (κ3) is 2.47. The molecule has 0 atom stereocenters. The molecule has 92 valence electrons. The van der Waals surface area contributed by atoms with E-state index in [-0.39, 0.29) is 0 Å². The van der Waals surface area contributed by atoms with Gasteiger partial charge in [0.1, 0.15) is 0 Å². The average molecular weight is 238 g/mol. The highest BCUT2D eigenvalue weighted by Gasteiger charge is 2.10. The number of alkyl halides is 2. The lowest BCUT2D eigenvalue weighted by Gasteiger charge is -2.07. The number of halogens is 2. The topological polar surface area (TPSA) is 17.0 Å². The van der Waals surface area contributed by atoms with Crippen LogP contribution in [0, 0.1) is 0 Å². The number of rotatable bonds is 5. The second-order valence-corrected chi connectivity index (χ2v) is 4.03. The van der Waals surface area contributed by atoms with Crippen molar-refractivity contribution < 1.29 is 8.78 Å². The molecule has 0 spiro atoms. The molecule has 2 rings (SSSR count). The quantitative estimate of drug-likeness (QED) is 0.788. The van der Waals surface area contributed by atoms with Gasteiger partial charge in [0, 0.05) is 18.1 Å². The molecule has 0 fully saturated rings. The van der Waals surface area contributed by atoms with E-state index in [1.807, 2.05) is 12.1 Å². The van der Waals surface area contributed by atoms with Crippen LogP contribution in [0.1, 0.15) is 25.5 Å². The summed E-state index contributed by atoms with van der Waals surface area (Å²) in [6.45, 7) is 1.27. The minimum absolute atomic E-state index is 0.593. The lowest BCUT2D eigenvalue weighted by atomic mass is 10.1. The van der Waals surface area contributed by atoms with Crippen molar-refractivity contribution >= 4 is 10.9 Å². The van der Waals surface area contributed by atoms with E-state index < -0.39 is 6.55 Å². The molecule has 0 amide bonds. The Morgan fingerprint density at radius 2 is 2.12 bits per heavy atom. The first-order chi connectivity index (χ1) is 8.24. The molecule has 2 nitrogen and oxygen atoms in total. The Morgan fingerprint density at radius 3 is 2.82 bits per heavy atom. The molecule has 1 aromatic carbocycles. The van der Waals surface area contributed by atoms with Crippen molar-refractivity contribution in [3.63, 3.8) is 0 Å². The van der Waals surface area contributed by atoms with Crippen LogP contribution in [0.4, 0.5) is 8.78 Å². The molecular weight excluding hydrogens is 222 g/mol. The van der Waals surface area contributed by atoms with Crippen molar-refractivity contribution in [1.82, 2.24) is 9.88 Å². The maximum absolute atomic E-state index is 12.7. The van der Waals surface area contributed by atoms with Crippen LogP contribution in [0.3, 0.4) is 0 Å². The smallest absolute Gasteiger partial charge is 0.313 e. The average Bonchev–Trinajstić information content (AvgIpc) is 2.74. The standard InChI is InChI=1S/C13H16F2N2/c1-2-7-16-9-10-4-3-5-12-11(10)6-8-17(12)13(14)15/h3-6,8,13,16H,2,7,9H2,1H3. The second-order valence-electron chi connectivity index (χ2n) is 4.03. The first-order valence-electron chi connectivity index (χ1n) is 5.81. The van der Waals surface area contributed by atoms with Crippen LogP contribution < -0.4 is 5.32 Å². The zero-order chi connectivity index (χ0) is 12.3. The minimum Gasteiger partial charge on any atom is -0.313 e. The molecule has 0 saturated carbocycles. The van der Waals surface area contributed by atoms with Gasteiger partial charge in [0.25, 0.3) is 0 Å². The van der Waals surface area contributed by atoms with Crippen LogP contribution in [0.5, 0.6) is 0 Å². The SMILES string of the molecule is CCCNCc1cccc2c1ccn2C(F)F. The number of fused-ring (bicyclic) bond motifs is 1. The van der Waals surface area contributed by atoms with Crippen molar-refractivity contribution in [3.8, 4) is 0 Å². The highest BCUT2D eigenvalue weighted by atomic mass is 19.3. The van der Waals surface area contributed by atoms with Gasteiger partial charge in [-0.05, 0) is 30.7 Å². The summed E-state index contributed by atoms with van der Waals surface area (Å²) in [6, 6.07) is 7.28. The summed E-state index contributed by atoms with van der Waals surface area (Å²) in [4.78, 5) is 0. The summed E-state index contributed by atoms with van der Waals surface area (Å²) < 4.78 is 26.4. The van der Waals surface area contributed by atoms with Gasteiger partial charge in [-0.1, -0.05) is 19.1 Å². The van der Waals surface area contributed by atoms with E-state index in [1.54, 1.807) is 12.1 Å². The molecule has 1 aromatic heterocycles. The zero-order valence-electron chi connectivity index (χ0n) is 9.79. The summed E-state index contributed by atoms with van der Waals surface area (Å²) >= 11 is 0. The van der Waals surface area contributed by atoms with E-state index in [1.165, 1.54) is 6.20 Å². The predicted octanol–water partition coefficient (Wildman–Crippen LogP) is 3.54. The van der Waals surface area contributed by atoms with E-state index in [0.717, 1.165) is 35.0 Å². The van der Waals surface area contributed by atoms with Gasteiger partial charge in [0.2, 0.25) is 0 Å². The molecule has 0 saturated heterocycles. The van der Waals surface area contributed by atoms with Crippen LogP contribution in [-0.2, 0) is 6.54 Å². The fourth-order valence-electron chi connectivity index (χ4n) is 1.98. The predicted molar refractivity (Wildman–Crippen MR) is 65.2 cm³/mol. The molecule has 1 heterocycles. The molecular formula is C13H16F2N2. The molecule has 2 aromatic rings. The van der Waals surface area contributed by atoms with Gasteiger partial charge >= 0.3 is 6.55 Å². The molecule has 0 bridgehead atoms. The van der Waals surface area contributed by atoms with Crippen LogP contribution in [-0.4, -0.2) is 11.1 Å². The van der Waals surface area contributed by atoms with E-state index in [4.69, 9.17) is 0 Å². The van der Waals surface area contributed by atoms with Crippen molar-refractivity contribution in [2.75, 3.05) is 6.54 Å². The summed E-state index contributed by atoms with van der Waals surface area (Å²) in [5.74, 6) is 0. The largest absolute Gasteiger partial charge is 0.319 e. The van der Waals surface area contributed by atoms with Gasteiger partial charge < -0.3 is 5.32 Å². The number of benzene rings is 1. The Labute approximate surface area is 99.2 Å². The minimum atomic E-state index is -2.48. The van der Waals surface area contributed by atoms with Crippen LogP contribution in [0.2, 0.25) is 0 Å². The van der Waals surface area contributed by atoms with E-state index >= 15 is 0 Å². The molecule has 0 aliphatic carbocycles. The Bertz CT molecular complexity index is 491. The van der Waals surface area contributed by atoms with Crippen molar-refractivity contribution in [1.29, 1.82) is 0 Å². The normalized spacial score (nSPS) is 11.5. The Kier molecular flexibility index (Phi) is 3.74. The Morgan fingerprint density at radius 1 is 1.29 bits per heavy atom. The monoisotopic (exact) mass is 238 g/mol. The van der Waals surface area contributed by atoms with Gasteiger partial charge in [-0.3, -0.25) is 4.57 Å². The van der Waals surface area contributed by atoms with Gasteiger partial charge in [0.05, 0.1) is 5.52 Å². The molecule has 4 heteroatoms. The van der Waals surface area contributed by atoms with E-state index in [0.29, 0.717) is 5.52 Å². The van der Waals surface area contributed by atoms with E-state index in [2.05, 4.69) is 12.2 Å². The fourth-order valence-corrected chi connectivity index (χ4v) is 1.98. The third-order valence-electron chi connectivity index (χ3n) is 2.81. The zero-order valence-corrected chi connectivity index (χ0v) is 9.79. The molecule has 17 heavy (non-hydrogen) atoms. The summed E-state index contributed by atoms with van der Waals surface area (Å²) in [5, 5.41) is 4.18. The third-order valence-corrected chi connectivity index (χ3v) is 2.81. The van der Waals surface area contributed by atoms with Crippen LogP contribution in [0.25, 0.3) is 10.9 Å². The Balaban J connectivity index is 2.31. The lowest BCUT2D eigenvalue weighted by molar-refractivity contribution is 0.0752. The number of aromatic nitrogens is 1. The molecule has 1 N–H and O–H groups in total. The highest BCUT2D eigenvalue weighted by molar-refractivity contribution is 5.83. The van der Waals surface area contributed by atoms with Gasteiger partial charge in [0.15, 0.2) is 0 Å². The summed E-state index contributed by atoms with van der Waals surface area (Å²) in [6.07, 6.45) is 2.51. The summed E-state index contributed by atoms with van der Waals surface area (Å²) in [5.41, 5.74) is 1.66. The van der Waals surface area contributed by atoms with Crippen molar-refractivity contribution in [3.05, 3.63) is 36.0 Å². The number of hydrogen-bond acceptors (Lipinski definition) is 1. The summed E-state index contributed by atoms with van der Waals surface area (Å²) in [7, 11) is 0. The maximum Gasteiger partial charge on any atom is 0.319 e. The fraction of sp³-hybridized carbons (Fsp3) is 0.385. The van der Waals surface area contributed by atoms with E-state index in [9.17, 15) is 8.78 Å². The van der Waals surface area contributed by atoms with Crippen molar-refractivity contribution in [2.24, 2.45) is 0 Å². The number of hydrogen-bond donors (Lipinski definition) is 1. The molecule has 0 radical (unpaired) electrons. The van der Waals surface area contributed by atoms with Crippen molar-refractivity contribution in [2.45, 2.75) is 26.4 Å². The molecule has 0 aliphatic rings. The van der Waals surface area contributed by atoms with Crippen LogP contribution >= 0.6 is 0 Å². The van der Waals surface area contributed by atoms with Gasteiger partial charge in [-0.2, -0.15) is 8.78 Å². The number of nitrogens with one attached hydrogen (secondary N) is 1. The molecule has 0 unspecified atom stereocenters. The first kappa shape index (κ1) is 12.0. The highest BCUT2D eigenvalue weighted by Crippen LogP contribution is 2.24.